The van der Waals surface area contributed by atoms with Gasteiger partial charge in [0.05, 0.1) is 10.6 Å². The van der Waals surface area contributed by atoms with E-state index in [-0.39, 0.29) is 0 Å². The fourth-order valence-corrected chi connectivity index (χ4v) is 2.81. The number of nitrogens with two attached hydrogens (primary N) is 1. The number of nitrogens with one attached hydrogen (secondary N) is 1. The lowest BCUT2D eigenvalue weighted by atomic mass is 10.3. The molecule has 0 aliphatic rings. The van der Waals surface area contributed by atoms with E-state index >= 15 is 0 Å². The van der Waals surface area contributed by atoms with Gasteiger partial charge < -0.3 is 0 Å². The molecule has 0 saturated carbocycles. The normalized spacial score (nSPS) is 11.6. The Balaban J connectivity index is 1.96. The number of aromatic nitrogens is 2. The topological polar surface area (TPSA) is 63.8 Å². The SMILES string of the molecule is NNc1ncc(CSc2ccc(C(F)(F)F)cn2)s1. The van der Waals surface area contributed by atoms with Crippen LogP contribution in [0.4, 0.5) is 18.3 Å². The zero-order valence-electron chi connectivity index (χ0n) is 9.44. The quantitative estimate of drug-likeness (QED) is 0.516. The largest absolute Gasteiger partial charge is 0.417 e. The molecule has 4 nitrogen and oxygen atoms in total. The second-order valence-corrected chi connectivity index (χ2v) is 5.56. The number of pyridine rings is 1. The molecule has 0 unspecified atom stereocenters. The molecule has 0 atom stereocenters. The van der Waals surface area contributed by atoms with Crippen LogP contribution in [0.2, 0.25) is 0 Å². The molecule has 2 aromatic heterocycles. The summed E-state index contributed by atoms with van der Waals surface area (Å²) in [5, 5.41) is 1.12. The Morgan fingerprint density at radius 1 is 1.26 bits per heavy atom. The van der Waals surface area contributed by atoms with Crippen LogP contribution in [0, 0.1) is 0 Å². The van der Waals surface area contributed by atoms with E-state index in [4.69, 9.17) is 5.84 Å². The lowest BCUT2D eigenvalue weighted by molar-refractivity contribution is -0.137. The molecule has 0 amide bonds. The molecule has 2 heterocycles. The van der Waals surface area contributed by atoms with E-state index in [1.54, 1.807) is 6.20 Å². The first kappa shape index (κ1) is 14.1. The monoisotopic (exact) mass is 306 g/mol. The maximum absolute atomic E-state index is 12.3. The number of thioether (sulfide) groups is 1. The van der Waals surface area contributed by atoms with Crippen molar-refractivity contribution in [2.75, 3.05) is 5.43 Å². The van der Waals surface area contributed by atoms with E-state index in [9.17, 15) is 13.2 Å². The van der Waals surface area contributed by atoms with Crippen LogP contribution >= 0.6 is 23.1 Å². The number of nitrogen functional groups attached to an aromatic ring is 1. The average Bonchev–Trinajstić information content (AvgIpc) is 2.84. The lowest BCUT2D eigenvalue weighted by Crippen LogP contribution is -2.05. The lowest BCUT2D eigenvalue weighted by Gasteiger charge is -2.06. The van der Waals surface area contributed by atoms with Gasteiger partial charge >= 0.3 is 6.18 Å². The van der Waals surface area contributed by atoms with Gasteiger partial charge in [0.25, 0.3) is 0 Å². The van der Waals surface area contributed by atoms with Crippen LogP contribution in [0.25, 0.3) is 0 Å². The maximum atomic E-state index is 12.3. The Labute approximate surface area is 115 Å². The number of hydrazine groups is 1. The third-order valence-corrected chi connectivity index (χ3v) is 4.21. The van der Waals surface area contributed by atoms with Crippen molar-refractivity contribution in [2.45, 2.75) is 17.0 Å². The molecule has 2 rings (SSSR count). The highest BCUT2D eigenvalue weighted by atomic mass is 32.2. The molecular weight excluding hydrogens is 297 g/mol. The first-order valence-corrected chi connectivity index (χ1v) is 6.86. The number of alkyl halides is 3. The van der Waals surface area contributed by atoms with Crippen LogP contribution in [-0.2, 0) is 11.9 Å². The summed E-state index contributed by atoms with van der Waals surface area (Å²) >= 11 is 2.72. The summed E-state index contributed by atoms with van der Waals surface area (Å²) in [7, 11) is 0. The Morgan fingerprint density at radius 2 is 2.05 bits per heavy atom. The highest BCUT2D eigenvalue weighted by molar-refractivity contribution is 7.98. The molecule has 0 fully saturated rings. The van der Waals surface area contributed by atoms with Gasteiger partial charge in [-0.1, -0.05) is 0 Å². The van der Waals surface area contributed by atoms with Crippen molar-refractivity contribution < 1.29 is 13.2 Å². The van der Waals surface area contributed by atoms with Crippen molar-refractivity contribution in [1.29, 1.82) is 0 Å². The minimum atomic E-state index is -4.35. The molecule has 0 saturated heterocycles. The summed E-state index contributed by atoms with van der Waals surface area (Å²) in [5.41, 5.74) is 1.68. The summed E-state index contributed by atoms with van der Waals surface area (Å²) in [6, 6.07) is 2.38. The third-order valence-electron chi connectivity index (χ3n) is 2.10. The van der Waals surface area contributed by atoms with Gasteiger partial charge in [-0.05, 0) is 12.1 Å². The van der Waals surface area contributed by atoms with Crippen LogP contribution in [0.3, 0.4) is 0 Å². The molecule has 0 aromatic carbocycles. The molecule has 19 heavy (non-hydrogen) atoms. The molecule has 0 aliphatic heterocycles. The number of hydrogen-bond acceptors (Lipinski definition) is 6. The molecule has 3 N–H and O–H groups in total. The van der Waals surface area contributed by atoms with Crippen molar-refractivity contribution in [3.05, 3.63) is 35.0 Å². The highest BCUT2D eigenvalue weighted by Gasteiger charge is 2.30. The van der Waals surface area contributed by atoms with Crippen LogP contribution in [0.15, 0.2) is 29.6 Å². The Bertz CT molecular complexity index is 538. The van der Waals surface area contributed by atoms with Gasteiger partial charge in [0.2, 0.25) is 0 Å². The summed E-state index contributed by atoms with van der Waals surface area (Å²) in [4.78, 5) is 8.73. The number of nitrogens with zero attached hydrogens (tertiary/aromatic N) is 2. The minimum absolute atomic E-state index is 0.531. The van der Waals surface area contributed by atoms with E-state index in [1.165, 1.54) is 29.2 Å². The van der Waals surface area contributed by atoms with Gasteiger partial charge in [0, 0.05) is 23.0 Å². The first-order valence-electron chi connectivity index (χ1n) is 5.06. The van der Waals surface area contributed by atoms with E-state index in [0.29, 0.717) is 15.9 Å². The van der Waals surface area contributed by atoms with Crippen LogP contribution < -0.4 is 11.3 Å². The summed E-state index contributed by atoms with van der Waals surface area (Å²) in [5.74, 6) is 5.78. The molecule has 9 heteroatoms. The summed E-state index contributed by atoms with van der Waals surface area (Å²) < 4.78 is 37.0. The van der Waals surface area contributed by atoms with Crippen molar-refractivity contribution >= 4 is 28.2 Å². The fraction of sp³-hybridized carbons (Fsp3) is 0.200. The van der Waals surface area contributed by atoms with E-state index < -0.39 is 11.7 Å². The molecule has 102 valence electrons. The number of hydrogen-bond donors (Lipinski definition) is 2. The van der Waals surface area contributed by atoms with Crippen molar-refractivity contribution in [3.63, 3.8) is 0 Å². The standard InChI is InChI=1S/C10H9F3N4S2/c11-10(12,13)6-1-2-8(15-3-6)18-5-7-4-16-9(17-14)19-7/h1-4H,5,14H2,(H,16,17). The number of anilines is 1. The number of halogens is 3. The zero-order valence-corrected chi connectivity index (χ0v) is 11.1. The molecule has 0 aliphatic carbocycles. The Morgan fingerprint density at radius 3 is 2.58 bits per heavy atom. The predicted molar refractivity (Wildman–Crippen MR) is 68.7 cm³/mol. The van der Waals surface area contributed by atoms with Crippen LogP contribution in [-0.4, -0.2) is 9.97 Å². The zero-order chi connectivity index (χ0) is 13.9. The fourth-order valence-electron chi connectivity index (χ4n) is 1.22. The van der Waals surface area contributed by atoms with E-state index in [0.717, 1.165) is 17.1 Å². The van der Waals surface area contributed by atoms with Gasteiger partial charge in [-0.25, -0.2) is 15.8 Å². The number of rotatable bonds is 4. The second-order valence-electron chi connectivity index (χ2n) is 3.45. The van der Waals surface area contributed by atoms with Gasteiger partial charge in [0.15, 0.2) is 5.13 Å². The molecule has 2 aromatic rings. The maximum Gasteiger partial charge on any atom is 0.417 e. The molecular formula is C10H9F3N4S2. The molecule has 0 spiro atoms. The molecule has 0 bridgehead atoms. The van der Waals surface area contributed by atoms with Gasteiger partial charge in [-0.3, -0.25) is 5.43 Å². The minimum Gasteiger partial charge on any atom is -0.300 e. The first-order chi connectivity index (χ1) is 8.99. The van der Waals surface area contributed by atoms with E-state index in [2.05, 4.69) is 15.4 Å². The van der Waals surface area contributed by atoms with Gasteiger partial charge in [-0.2, -0.15) is 13.2 Å². The predicted octanol–water partition coefficient (Wildman–Crippen LogP) is 3.13. The Kier molecular flexibility index (Phi) is 4.27. The summed E-state index contributed by atoms with van der Waals surface area (Å²) in [6.45, 7) is 0. The number of thiazole rings is 1. The highest BCUT2D eigenvalue weighted by Crippen LogP contribution is 2.30. The van der Waals surface area contributed by atoms with Crippen LogP contribution in [0.1, 0.15) is 10.4 Å². The van der Waals surface area contributed by atoms with Gasteiger partial charge in [-0.15, -0.1) is 23.1 Å². The average molecular weight is 306 g/mol. The van der Waals surface area contributed by atoms with Crippen molar-refractivity contribution in [2.24, 2.45) is 5.84 Å². The molecule has 0 radical (unpaired) electrons. The Hall–Kier alpha value is -1.32. The van der Waals surface area contributed by atoms with Crippen LogP contribution in [0.5, 0.6) is 0 Å². The van der Waals surface area contributed by atoms with Crippen molar-refractivity contribution in [3.8, 4) is 0 Å². The van der Waals surface area contributed by atoms with E-state index in [1.807, 2.05) is 0 Å². The van der Waals surface area contributed by atoms with Crippen molar-refractivity contribution in [1.82, 2.24) is 9.97 Å². The summed E-state index contributed by atoms with van der Waals surface area (Å²) in [6.07, 6.45) is -1.85. The smallest absolute Gasteiger partial charge is 0.300 e. The van der Waals surface area contributed by atoms with Gasteiger partial charge in [0.1, 0.15) is 0 Å². The second kappa shape index (κ2) is 5.76. The third kappa shape index (κ3) is 3.82.